The third kappa shape index (κ3) is 4.37. The number of hydrogen-bond donors (Lipinski definition) is 0. The minimum absolute atomic E-state index is 0.0721. The van der Waals surface area contributed by atoms with E-state index in [4.69, 9.17) is 9.47 Å². The third-order valence-corrected chi connectivity index (χ3v) is 3.87. The van der Waals surface area contributed by atoms with Crippen molar-refractivity contribution < 1.29 is 23.5 Å². The van der Waals surface area contributed by atoms with Crippen molar-refractivity contribution in [2.75, 3.05) is 32.8 Å². The number of amides is 2. The zero-order chi connectivity index (χ0) is 17.5. The summed E-state index contributed by atoms with van der Waals surface area (Å²) in [6.45, 7) is 5.55. The van der Waals surface area contributed by atoms with Crippen molar-refractivity contribution in [1.82, 2.24) is 9.80 Å². The number of piperazine rings is 1. The number of nitrogens with zero attached hydrogens (tertiary/aromatic N) is 2. The maximum absolute atomic E-state index is 13.7. The molecule has 7 heteroatoms. The Balaban J connectivity index is 1.93. The number of para-hydroxylation sites is 1. The summed E-state index contributed by atoms with van der Waals surface area (Å²) in [7, 11) is 0. The Morgan fingerprint density at radius 1 is 1.12 bits per heavy atom. The fraction of sp³-hybridized carbons (Fsp3) is 0.529. The lowest BCUT2D eigenvalue weighted by Gasteiger charge is -2.35. The van der Waals surface area contributed by atoms with Crippen LogP contribution >= 0.6 is 0 Å². The summed E-state index contributed by atoms with van der Waals surface area (Å²) < 4.78 is 24.2. The van der Waals surface area contributed by atoms with Gasteiger partial charge in [-0.2, -0.15) is 0 Å². The molecule has 2 amide bonds. The van der Waals surface area contributed by atoms with Crippen LogP contribution in [-0.2, 0) is 9.53 Å². The van der Waals surface area contributed by atoms with Crippen molar-refractivity contribution in [1.29, 1.82) is 0 Å². The highest BCUT2D eigenvalue weighted by Crippen LogP contribution is 2.19. The van der Waals surface area contributed by atoms with Crippen LogP contribution in [-0.4, -0.2) is 60.7 Å². The Kier molecular flexibility index (Phi) is 6.40. The molecule has 0 radical (unpaired) electrons. The average Bonchev–Trinajstić information content (AvgIpc) is 2.61. The molecule has 6 nitrogen and oxygen atoms in total. The van der Waals surface area contributed by atoms with Gasteiger partial charge in [-0.3, -0.25) is 4.79 Å². The van der Waals surface area contributed by atoms with Crippen LogP contribution in [0.1, 0.15) is 20.3 Å². The van der Waals surface area contributed by atoms with E-state index in [-0.39, 0.29) is 17.7 Å². The lowest BCUT2D eigenvalue weighted by atomic mass is 10.2. The second-order valence-corrected chi connectivity index (χ2v) is 5.46. The minimum atomic E-state index is -0.740. The van der Waals surface area contributed by atoms with Crippen LogP contribution in [0.2, 0.25) is 0 Å². The van der Waals surface area contributed by atoms with Gasteiger partial charge in [0.15, 0.2) is 17.7 Å². The first-order chi connectivity index (χ1) is 11.6. The van der Waals surface area contributed by atoms with E-state index < -0.39 is 11.9 Å². The van der Waals surface area contributed by atoms with E-state index in [1.165, 1.54) is 12.1 Å². The number of hydrogen-bond acceptors (Lipinski definition) is 4. The molecule has 0 saturated carbocycles. The van der Waals surface area contributed by atoms with E-state index in [0.717, 1.165) is 0 Å². The Hall–Kier alpha value is -2.31. The number of carbonyl (C=O) groups excluding carboxylic acids is 2. The summed E-state index contributed by atoms with van der Waals surface area (Å²) in [5.74, 6) is -0.608. The molecule has 0 unspecified atom stereocenters. The number of halogens is 1. The van der Waals surface area contributed by atoms with Gasteiger partial charge in [-0.1, -0.05) is 19.1 Å². The molecule has 1 aliphatic heterocycles. The largest absolute Gasteiger partial charge is 0.478 e. The van der Waals surface area contributed by atoms with Gasteiger partial charge in [0.25, 0.3) is 5.91 Å². The predicted molar refractivity (Wildman–Crippen MR) is 86.3 cm³/mol. The first-order valence-corrected chi connectivity index (χ1v) is 8.18. The molecule has 1 fully saturated rings. The molecular formula is C17H23FN2O4. The maximum Gasteiger partial charge on any atom is 0.409 e. The van der Waals surface area contributed by atoms with Gasteiger partial charge in [-0.25, -0.2) is 9.18 Å². The van der Waals surface area contributed by atoms with Crippen LogP contribution in [0, 0.1) is 5.82 Å². The second kappa shape index (κ2) is 8.52. The number of benzene rings is 1. The molecule has 0 bridgehead atoms. The van der Waals surface area contributed by atoms with Crippen LogP contribution in [0.3, 0.4) is 0 Å². The SMILES string of the molecule is CCOC(=O)N1CCN(C(=O)[C@H](CC)Oc2ccccc2F)CC1. The Morgan fingerprint density at radius 3 is 2.33 bits per heavy atom. The molecule has 24 heavy (non-hydrogen) atoms. The minimum Gasteiger partial charge on any atom is -0.478 e. The fourth-order valence-electron chi connectivity index (χ4n) is 2.53. The van der Waals surface area contributed by atoms with Crippen molar-refractivity contribution >= 4 is 12.0 Å². The van der Waals surface area contributed by atoms with Gasteiger partial charge in [-0.15, -0.1) is 0 Å². The summed E-state index contributed by atoms with van der Waals surface area (Å²) >= 11 is 0. The molecule has 1 aromatic rings. The standard InChI is InChI=1S/C17H23FN2O4/c1-3-14(24-15-8-6-5-7-13(15)18)16(21)19-9-11-20(12-10-19)17(22)23-4-2/h5-8,14H,3-4,9-12H2,1-2H3/t14-/m0/s1. The summed E-state index contributed by atoms with van der Waals surface area (Å²) in [6.07, 6.45) is -0.666. The van der Waals surface area contributed by atoms with Crippen molar-refractivity contribution in [3.63, 3.8) is 0 Å². The quantitative estimate of drug-likeness (QED) is 0.826. The average molecular weight is 338 g/mol. The Bertz CT molecular complexity index is 573. The third-order valence-electron chi connectivity index (χ3n) is 3.87. The number of rotatable bonds is 5. The van der Waals surface area contributed by atoms with Gasteiger partial charge in [0.1, 0.15) is 0 Å². The van der Waals surface area contributed by atoms with Gasteiger partial charge in [-0.05, 0) is 25.5 Å². The fourth-order valence-corrected chi connectivity index (χ4v) is 2.53. The summed E-state index contributed by atoms with van der Waals surface area (Å²) in [5, 5.41) is 0. The molecule has 0 N–H and O–H groups in total. The van der Waals surface area contributed by atoms with E-state index in [1.54, 1.807) is 28.9 Å². The summed E-state index contributed by atoms with van der Waals surface area (Å²) in [4.78, 5) is 27.5. The highest BCUT2D eigenvalue weighted by Gasteiger charge is 2.30. The molecule has 1 aromatic carbocycles. The van der Waals surface area contributed by atoms with Gasteiger partial charge < -0.3 is 19.3 Å². The molecule has 1 aliphatic rings. The lowest BCUT2D eigenvalue weighted by molar-refractivity contribution is -0.140. The monoisotopic (exact) mass is 338 g/mol. The molecule has 1 atom stereocenters. The van der Waals surface area contributed by atoms with E-state index in [0.29, 0.717) is 39.2 Å². The van der Waals surface area contributed by atoms with Crippen molar-refractivity contribution in [3.05, 3.63) is 30.1 Å². The van der Waals surface area contributed by atoms with E-state index >= 15 is 0 Å². The van der Waals surface area contributed by atoms with Crippen LogP contribution < -0.4 is 4.74 Å². The molecule has 0 aliphatic carbocycles. The van der Waals surface area contributed by atoms with E-state index in [1.807, 2.05) is 6.92 Å². The molecule has 1 saturated heterocycles. The van der Waals surface area contributed by atoms with Crippen molar-refractivity contribution in [3.8, 4) is 5.75 Å². The molecule has 1 heterocycles. The molecule has 0 aromatic heterocycles. The first-order valence-electron chi connectivity index (χ1n) is 8.18. The topological polar surface area (TPSA) is 59.1 Å². The van der Waals surface area contributed by atoms with E-state index in [9.17, 15) is 14.0 Å². The highest BCUT2D eigenvalue weighted by molar-refractivity contribution is 5.81. The van der Waals surface area contributed by atoms with Crippen molar-refractivity contribution in [2.24, 2.45) is 0 Å². The Labute approximate surface area is 141 Å². The van der Waals surface area contributed by atoms with Gasteiger partial charge in [0, 0.05) is 26.2 Å². The molecule has 0 spiro atoms. The normalized spacial score (nSPS) is 15.8. The summed E-state index contributed by atoms with van der Waals surface area (Å²) in [6, 6.07) is 6.03. The zero-order valence-corrected chi connectivity index (χ0v) is 14.0. The van der Waals surface area contributed by atoms with Crippen molar-refractivity contribution in [2.45, 2.75) is 26.4 Å². The lowest BCUT2D eigenvalue weighted by Crippen LogP contribution is -2.53. The number of carbonyl (C=O) groups is 2. The molecule has 132 valence electrons. The number of ether oxygens (including phenoxy) is 2. The second-order valence-electron chi connectivity index (χ2n) is 5.46. The Morgan fingerprint density at radius 2 is 1.75 bits per heavy atom. The van der Waals surface area contributed by atoms with Gasteiger partial charge in [0.05, 0.1) is 6.61 Å². The van der Waals surface area contributed by atoms with Crippen LogP contribution in [0.25, 0.3) is 0 Å². The highest BCUT2D eigenvalue weighted by atomic mass is 19.1. The smallest absolute Gasteiger partial charge is 0.409 e. The van der Waals surface area contributed by atoms with Gasteiger partial charge >= 0.3 is 6.09 Å². The maximum atomic E-state index is 13.7. The summed E-state index contributed by atoms with van der Waals surface area (Å²) in [5.41, 5.74) is 0. The van der Waals surface area contributed by atoms with Gasteiger partial charge in [0.2, 0.25) is 0 Å². The zero-order valence-electron chi connectivity index (χ0n) is 14.0. The van der Waals surface area contributed by atoms with Crippen LogP contribution in [0.4, 0.5) is 9.18 Å². The van der Waals surface area contributed by atoms with Crippen LogP contribution in [0.15, 0.2) is 24.3 Å². The first kappa shape index (κ1) is 18.0. The van der Waals surface area contributed by atoms with Crippen LogP contribution in [0.5, 0.6) is 5.75 Å². The molecular weight excluding hydrogens is 315 g/mol. The van der Waals surface area contributed by atoms with E-state index in [2.05, 4.69) is 0 Å². The predicted octanol–water partition coefficient (Wildman–Crippen LogP) is 2.28. The molecule has 2 rings (SSSR count).